The zero-order chi connectivity index (χ0) is 15.4. The molecule has 1 saturated heterocycles. The average molecular weight is 299 g/mol. The van der Waals surface area contributed by atoms with E-state index in [1.54, 1.807) is 6.07 Å². The van der Waals surface area contributed by atoms with E-state index in [0.717, 1.165) is 38.0 Å². The molecule has 22 heavy (non-hydrogen) atoms. The van der Waals surface area contributed by atoms with Crippen molar-refractivity contribution in [1.29, 1.82) is 0 Å². The van der Waals surface area contributed by atoms with Gasteiger partial charge in [0.15, 0.2) is 0 Å². The molecule has 1 amide bonds. The minimum absolute atomic E-state index is 0.183. The second-order valence-electron chi connectivity index (χ2n) is 5.65. The van der Waals surface area contributed by atoms with Crippen LogP contribution in [0.5, 0.6) is 0 Å². The summed E-state index contributed by atoms with van der Waals surface area (Å²) in [5.74, 6) is 0.0881. The number of carbonyl (C=O) groups is 1. The van der Waals surface area contributed by atoms with Crippen molar-refractivity contribution in [3.63, 3.8) is 0 Å². The van der Waals surface area contributed by atoms with Gasteiger partial charge in [-0.25, -0.2) is 0 Å². The van der Waals surface area contributed by atoms with Gasteiger partial charge in [-0.2, -0.15) is 0 Å². The smallest absolute Gasteiger partial charge is 0.290 e. The number of hydrogen-bond acceptors (Lipinski definition) is 4. The molecule has 0 aliphatic carbocycles. The van der Waals surface area contributed by atoms with Gasteiger partial charge in [-0.1, -0.05) is 42.4 Å². The highest BCUT2D eigenvalue weighted by atomic mass is 16.5. The van der Waals surface area contributed by atoms with Gasteiger partial charge in [0.2, 0.25) is 5.76 Å². The normalized spacial score (nSPS) is 19.0. The number of piperidine rings is 1. The van der Waals surface area contributed by atoms with Crippen molar-refractivity contribution in [2.45, 2.75) is 25.8 Å². The number of hydrogen-bond donors (Lipinski definition) is 1. The van der Waals surface area contributed by atoms with Crippen LogP contribution in [0.15, 0.2) is 40.9 Å². The minimum atomic E-state index is -0.183. The van der Waals surface area contributed by atoms with Crippen molar-refractivity contribution >= 4 is 5.91 Å². The molecule has 1 aromatic carbocycles. The molecule has 1 aromatic heterocycles. The maximum atomic E-state index is 12.3. The summed E-state index contributed by atoms with van der Waals surface area (Å²) in [6, 6.07) is 11.6. The first-order chi connectivity index (χ1) is 10.8. The molecular weight excluding hydrogens is 278 g/mol. The summed E-state index contributed by atoms with van der Waals surface area (Å²) in [7, 11) is 0. The zero-order valence-corrected chi connectivity index (χ0v) is 12.8. The Kier molecular flexibility index (Phi) is 4.53. The number of nitrogens with zero attached hydrogens (tertiary/aromatic N) is 2. The SMILES string of the molecule is CCN1CCCC(NC(=O)c2cc(-c3ccccc3)no2)C1. The van der Waals surface area contributed by atoms with E-state index < -0.39 is 0 Å². The first-order valence-electron chi connectivity index (χ1n) is 7.81. The molecular formula is C17H21N3O2. The van der Waals surface area contributed by atoms with Crippen molar-refractivity contribution in [3.05, 3.63) is 42.2 Å². The number of likely N-dealkylation sites (tertiary alicyclic amines) is 1. The monoisotopic (exact) mass is 299 g/mol. The van der Waals surface area contributed by atoms with Crippen molar-refractivity contribution < 1.29 is 9.32 Å². The third kappa shape index (κ3) is 3.36. The van der Waals surface area contributed by atoms with Crippen LogP contribution in [-0.2, 0) is 0 Å². The molecule has 1 fully saturated rings. The number of rotatable bonds is 4. The second kappa shape index (κ2) is 6.75. The van der Waals surface area contributed by atoms with Crippen LogP contribution in [-0.4, -0.2) is 41.6 Å². The Morgan fingerprint density at radius 2 is 2.23 bits per heavy atom. The summed E-state index contributed by atoms with van der Waals surface area (Å²) < 4.78 is 5.20. The topological polar surface area (TPSA) is 58.4 Å². The van der Waals surface area contributed by atoms with Crippen LogP contribution in [0, 0.1) is 0 Å². The summed E-state index contributed by atoms with van der Waals surface area (Å²) in [5.41, 5.74) is 1.63. The van der Waals surface area contributed by atoms with Gasteiger partial charge in [-0.05, 0) is 25.9 Å². The predicted molar refractivity (Wildman–Crippen MR) is 84.5 cm³/mol. The van der Waals surface area contributed by atoms with Gasteiger partial charge in [0.25, 0.3) is 5.91 Å². The molecule has 1 aliphatic heterocycles. The van der Waals surface area contributed by atoms with Gasteiger partial charge < -0.3 is 14.7 Å². The molecule has 0 bridgehead atoms. The third-order valence-electron chi connectivity index (χ3n) is 4.09. The lowest BCUT2D eigenvalue weighted by atomic mass is 10.1. The van der Waals surface area contributed by atoms with Gasteiger partial charge in [-0.3, -0.25) is 4.79 Å². The van der Waals surface area contributed by atoms with E-state index in [9.17, 15) is 4.79 Å². The van der Waals surface area contributed by atoms with Crippen LogP contribution in [0.2, 0.25) is 0 Å². The lowest BCUT2D eigenvalue weighted by Crippen LogP contribution is -2.47. The maximum Gasteiger partial charge on any atom is 0.290 e. The van der Waals surface area contributed by atoms with E-state index in [2.05, 4.69) is 22.3 Å². The molecule has 116 valence electrons. The molecule has 1 aliphatic rings. The minimum Gasteiger partial charge on any atom is -0.350 e. The van der Waals surface area contributed by atoms with Crippen LogP contribution >= 0.6 is 0 Å². The first-order valence-corrected chi connectivity index (χ1v) is 7.81. The molecule has 1 unspecified atom stereocenters. The number of nitrogens with one attached hydrogen (secondary N) is 1. The Labute approximate surface area is 130 Å². The van der Waals surface area contributed by atoms with Gasteiger partial charge >= 0.3 is 0 Å². The fraction of sp³-hybridized carbons (Fsp3) is 0.412. The number of benzene rings is 1. The van der Waals surface area contributed by atoms with E-state index >= 15 is 0 Å². The number of likely N-dealkylation sites (N-methyl/N-ethyl adjacent to an activating group) is 1. The lowest BCUT2D eigenvalue weighted by molar-refractivity contribution is 0.0869. The van der Waals surface area contributed by atoms with Crippen molar-refractivity contribution in [2.75, 3.05) is 19.6 Å². The predicted octanol–water partition coefficient (Wildman–Crippen LogP) is 2.56. The summed E-state index contributed by atoms with van der Waals surface area (Å²) in [6.45, 7) is 5.19. The molecule has 0 saturated carbocycles. The molecule has 1 atom stereocenters. The maximum absolute atomic E-state index is 12.3. The average Bonchev–Trinajstić information content (AvgIpc) is 3.06. The van der Waals surface area contributed by atoms with E-state index in [4.69, 9.17) is 4.52 Å². The number of aromatic nitrogens is 1. The molecule has 0 spiro atoms. The van der Waals surface area contributed by atoms with E-state index in [1.807, 2.05) is 30.3 Å². The lowest BCUT2D eigenvalue weighted by Gasteiger charge is -2.31. The van der Waals surface area contributed by atoms with Crippen LogP contribution in [0.3, 0.4) is 0 Å². The Balaban J connectivity index is 1.64. The standard InChI is InChI=1S/C17H21N3O2/c1-2-20-10-6-9-14(12-20)18-17(21)16-11-15(19-22-16)13-7-4-3-5-8-13/h3-5,7-8,11,14H,2,6,9-10,12H2,1H3,(H,18,21). The highest BCUT2D eigenvalue weighted by Crippen LogP contribution is 2.19. The quantitative estimate of drug-likeness (QED) is 0.942. The fourth-order valence-electron chi connectivity index (χ4n) is 2.84. The third-order valence-corrected chi connectivity index (χ3v) is 4.09. The summed E-state index contributed by atoms with van der Waals surface area (Å²) in [4.78, 5) is 14.6. The van der Waals surface area contributed by atoms with Crippen LogP contribution in [0.4, 0.5) is 0 Å². The Morgan fingerprint density at radius 3 is 3.00 bits per heavy atom. The fourth-order valence-corrected chi connectivity index (χ4v) is 2.84. The Hall–Kier alpha value is -2.14. The number of carbonyl (C=O) groups excluding carboxylic acids is 1. The zero-order valence-electron chi connectivity index (χ0n) is 12.8. The first kappa shape index (κ1) is 14.8. The van der Waals surface area contributed by atoms with Crippen LogP contribution in [0.25, 0.3) is 11.3 Å². The molecule has 2 heterocycles. The van der Waals surface area contributed by atoms with Crippen molar-refractivity contribution in [3.8, 4) is 11.3 Å². The van der Waals surface area contributed by atoms with E-state index in [1.165, 1.54) is 0 Å². The number of amides is 1. The van der Waals surface area contributed by atoms with E-state index in [-0.39, 0.29) is 17.7 Å². The second-order valence-corrected chi connectivity index (χ2v) is 5.65. The van der Waals surface area contributed by atoms with Gasteiger partial charge in [0, 0.05) is 24.2 Å². The van der Waals surface area contributed by atoms with Crippen LogP contribution in [0.1, 0.15) is 30.3 Å². The summed E-state index contributed by atoms with van der Waals surface area (Å²) >= 11 is 0. The summed E-state index contributed by atoms with van der Waals surface area (Å²) in [6.07, 6.45) is 2.13. The van der Waals surface area contributed by atoms with Gasteiger partial charge in [-0.15, -0.1) is 0 Å². The molecule has 5 nitrogen and oxygen atoms in total. The summed E-state index contributed by atoms with van der Waals surface area (Å²) in [5, 5.41) is 7.04. The Morgan fingerprint density at radius 1 is 1.41 bits per heavy atom. The van der Waals surface area contributed by atoms with E-state index in [0.29, 0.717) is 5.69 Å². The van der Waals surface area contributed by atoms with Crippen molar-refractivity contribution in [2.24, 2.45) is 0 Å². The molecule has 1 N–H and O–H groups in total. The largest absolute Gasteiger partial charge is 0.350 e. The van der Waals surface area contributed by atoms with Gasteiger partial charge in [0.05, 0.1) is 0 Å². The highest BCUT2D eigenvalue weighted by molar-refractivity contribution is 5.92. The van der Waals surface area contributed by atoms with Crippen LogP contribution < -0.4 is 5.32 Å². The van der Waals surface area contributed by atoms with Gasteiger partial charge in [0.1, 0.15) is 5.69 Å². The molecule has 2 aromatic rings. The molecule has 5 heteroatoms. The molecule has 3 rings (SSSR count). The Bertz CT molecular complexity index is 624. The molecule has 0 radical (unpaired) electrons. The highest BCUT2D eigenvalue weighted by Gasteiger charge is 2.22. The van der Waals surface area contributed by atoms with Crippen molar-refractivity contribution in [1.82, 2.24) is 15.4 Å².